The number of benzene rings is 1. The molecule has 0 aliphatic carbocycles. The van der Waals surface area contributed by atoms with Crippen molar-refractivity contribution in [3.05, 3.63) is 29.8 Å². The van der Waals surface area contributed by atoms with Crippen molar-refractivity contribution in [2.45, 2.75) is 12.5 Å². The summed E-state index contributed by atoms with van der Waals surface area (Å²) in [5, 5.41) is 0. The van der Waals surface area contributed by atoms with Crippen molar-refractivity contribution in [2.24, 2.45) is 5.73 Å². The van der Waals surface area contributed by atoms with E-state index in [9.17, 15) is 0 Å². The van der Waals surface area contributed by atoms with Gasteiger partial charge in [-0.05, 0) is 58.3 Å². The molecule has 1 rings (SSSR count). The van der Waals surface area contributed by atoms with Gasteiger partial charge < -0.3 is 15.4 Å². The molecule has 0 amide bonds. The lowest BCUT2D eigenvalue weighted by molar-refractivity contribution is 0.235. The zero-order valence-electron chi connectivity index (χ0n) is 12.6. The van der Waals surface area contributed by atoms with Gasteiger partial charge in [0.25, 0.3) is 0 Å². The fourth-order valence-electron chi connectivity index (χ4n) is 2.21. The maximum absolute atomic E-state index is 5.94. The third-order valence-electron chi connectivity index (χ3n) is 3.35. The largest absolute Gasteiger partial charge is 0.497 e. The second kappa shape index (κ2) is 8.15. The second-order valence-corrected chi connectivity index (χ2v) is 5.17. The number of hydrogen-bond donors (Lipinski definition) is 1. The van der Waals surface area contributed by atoms with Gasteiger partial charge in [0.05, 0.1) is 7.11 Å². The first-order valence-electron chi connectivity index (χ1n) is 6.77. The quantitative estimate of drug-likeness (QED) is 0.775. The first-order chi connectivity index (χ1) is 9.08. The minimum Gasteiger partial charge on any atom is -0.497 e. The molecular weight excluding hydrogens is 238 g/mol. The van der Waals surface area contributed by atoms with Gasteiger partial charge in [0.2, 0.25) is 0 Å². The number of nitrogens with two attached hydrogens (primary N) is 1. The van der Waals surface area contributed by atoms with E-state index in [1.807, 2.05) is 12.1 Å². The van der Waals surface area contributed by atoms with Crippen molar-refractivity contribution in [1.29, 1.82) is 0 Å². The van der Waals surface area contributed by atoms with Crippen LogP contribution in [0.4, 0.5) is 0 Å². The Morgan fingerprint density at radius 1 is 1.21 bits per heavy atom. The van der Waals surface area contributed by atoms with Crippen LogP contribution in [-0.4, -0.2) is 57.7 Å². The molecular formula is C15H27N3O. The van der Waals surface area contributed by atoms with Crippen LogP contribution in [0.15, 0.2) is 24.3 Å². The molecule has 4 nitrogen and oxygen atoms in total. The van der Waals surface area contributed by atoms with Crippen LogP contribution in [0.3, 0.4) is 0 Å². The van der Waals surface area contributed by atoms with E-state index in [1.54, 1.807) is 7.11 Å². The van der Waals surface area contributed by atoms with Gasteiger partial charge in [-0.3, -0.25) is 4.90 Å². The number of hydrogen-bond acceptors (Lipinski definition) is 4. The number of ether oxygens (including phenoxy) is 1. The topological polar surface area (TPSA) is 41.7 Å². The van der Waals surface area contributed by atoms with E-state index in [4.69, 9.17) is 10.5 Å². The summed E-state index contributed by atoms with van der Waals surface area (Å²) >= 11 is 0. The standard InChI is InChI=1S/C15H27N3O/c1-17(2)9-6-10-18(3)15(12-16)13-7-5-8-14(11-13)19-4/h5,7-8,11,15H,6,9-10,12,16H2,1-4H3. The summed E-state index contributed by atoms with van der Waals surface area (Å²) in [5.41, 5.74) is 7.15. The predicted molar refractivity (Wildman–Crippen MR) is 80.6 cm³/mol. The van der Waals surface area contributed by atoms with Crippen LogP contribution in [0.25, 0.3) is 0 Å². The van der Waals surface area contributed by atoms with Gasteiger partial charge >= 0.3 is 0 Å². The van der Waals surface area contributed by atoms with E-state index in [0.717, 1.165) is 25.3 Å². The first kappa shape index (κ1) is 16.0. The molecule has 0 saturated heterocycles. The first-order valence-corrected chi connectivity index (χ1v) is 6.77. The van der Waals surface area contributed by atoms with Crippen molar-refractivity contribution in [2.75, 3.05) is 47.9 Å². The molecule has 0 aliphatic heterocycles. The summed E-state index contributed by atoms with van der Waals surface area (Å²) in [5.74, 6) is 0.887. The second-order valence-electron chi connectivity index (χ2n) is 5.17. The van der Waals surface area contributed by atoms with Crippen LogP contribution in [0.1, 0.15) is 18.0 Å². The Balaban J connectivity index is 2.64. The molecule has 1 unspecified atom stereocenters. The zero-order valence-corrected chi connectivity index (χ0v) is 12.6. The Labute approximate surface area is 117 Å². The highest BCUT2D eigenvalue weighted by molar-refractivity contribution is 5.30. The Bertz CT molecular complexity index is 368. The Hall–Kier alpha value is -1.10. The monoisotopic (exact) mass is 265 g/mol. The highest BCUT2D eigenvalue weighted by atomic mass is 16.5. The molecule has 0 radical (unpaired) electrons. The molecule has 0 saturated carbocycles. The van der Waals surface area contributed by atoms with E-state index in [2.05, 4.69) is 43.1 Å². The zero-order chi connectivity index (χ0) is 14.3. The van der Waals surface area contributed by atoms with Crippen LogP contribution < -0.4 is 10.5 Å². The molecule has 108 valence electrons. The molecule has 0 aromatic heterocycles. The Morgan fingerprint density at radius 3 is 2.53 bits per heavy atom. The third kappa shape index (κ3) is 5.19. The van der Waals surface area contributed by atoms with Gasteiger partial charge in [0, 0.05) is 12.6 Å². The fourth-order valence-corrected chi connectivity index (χ4v) is 2.21. The molecule has 1 aromatic carbocycles. The average Bonchev–Trinajstić information content (AvgIpc) is 2.39. The molecule has 2 N–H and O–H groups in total. The number of nitrogens with zero attached hydrogens (tertiary/aromatic N) is 2. The maximum Gasteiger partial charge on any atom is 0.119 e. The SMILES string of the molecule is COc1cccc(C(CN)N(C)CCCN(C)C)c1. The van der Waals surface area contributed by atoms with Crippen molar-refractivity contribution in [3.63, 3.8) is 0 Å². The Kier molecular flexibility index (Phi) is 6.84. The molecule has 0 bridgehead atoms. The number of methoxy groups -OCH3 is 1. The normalized spacial score (nSPS) is 13.0. The number of rotatable bonds is 8. The minimum atomic E-state index is 0.247. The summed E-state index contributed by atoms with van der Waals surface area (Å²) in [6.45, 7) is 2.75. The van der Waals surface area contributed by atoms with E-state index in [-0.39, 0.29) is 6.04 Å². The van der Waals surface area contributed by atoms with Crippen LogP contribution in [0.5, 0.6) is 5.75 Å². The lowest BCUT2D eigenvalue weighted by Gasteiger charge is -2.28. The van der Waals surface area contributed by atoms with E-state index in [0.29, 0.717) is 6.54 Å². The molecule has 0 spiro atoms. The summed E-state index contributed by atoms with van der Waals surface area (Å²) < 4.78 is 5.28. The fraction of sp³-hybridized carbons (Fsp3) is 0.600. The minimum absolute atomic E-state index is 0.247. The highest BCUT2D eigenvalue weighted by Crippen LogP contribution is 2.22. The Morgan fingerprint density at radius 2 is 1.95 bits per heavy atom. The van der Waals surface area contributed by atoms with Crippen molar-refractivity contribution in [1.82, 2.24) is 9.80 Å². The summed E-state index contributed by atoms with van der Waals surface area (Å²) in [6.07, 6.45) is 1.14. The van der Waals surface area contributed by atoms with Crippen LogP contribution in [0, 0.1) is 0 Å². The van der Waals surface area contributed by atoms with E-state index >= 15 is 0 Å². The van der Waals surface area contributed by atoms with Crippen LogP contribution >= 0.6 is 0 Å². The van der Waals surface area contributed by atoms with Crippen molar-refractivity contribution < 1.29 is 4.74 Å². The van der Waals surface area contributed by atoms with Gasteiger partial charge in [0.1, 0.15) is 5.75 Å². The lowest BCUT2D eigenvalue weighted by atomic mass is 10.1. The average molecular weight is 265 g/mol. The molecule has 1 atom stereocenters. The van der Waals surface area contributed by atoms with E-state index < -0.39 is 0 Å². The maximum atomic E-state index is 5.94. The van der Waals surface area contributed by atoms with Gasteiger partial charge in [-0.2, -0.15) is 0 Å². The molecule has 0 aliphatic rings. The molecule has 1 aromatic rings. The van der Waals surface area contributed by atoms with Crippen molar-refractivity contribution in [3.8, 4) is 5.75 Å². The van der Waals surface area contributed by atoms with Gasteiger partial charge in [-0.1, -0.05) is 12.1 Å². The molecule has 19 heavy (non-hydrogen) atoms. The van der Waals surface area contributed by atoms with Gasteiger partial charge in [-0.15, -0.1) is 0 Å². The van der Waals surface area contributed by atoms with Gasteiger partial charge in [-0.25, -0.2) is 0 Å². The van der Waals surface area contributed by atoms with Crippen LogP contribution in [-0.2, 0) is 0 Å². The number of likely N-dealkylation sites (N-methyl/N-ethyl adjacent to an activating group) is 1. The smallest absolute Gasteiger partial charge is 0.119 e. The summed E-state index contributed by atoms with van der Waals surface area (Å²) in [7, 11) is 8.02. The van der Waals surface area contributed by atoms with E-state index in [1.165, 1.54) is 5.56 Å². The summed E-state index contributed by atoms with van der Waals surface area (Å²) in [4.78, 5) is 4.52. The molecule has 0 heterocycles. The highest BCUT2D eigenvalue weighted by Gasteiger charge is 2.15. The van der Waals surface area contributed by atoms with Crippen LogP contribution in [0.2, 0.25) is 0 Å². The molecule has 4 heteroatoms. The lowest BCUT2D eigenvalue weighted by Crippen LogP contribution is -2.32. The molecule has 0 fully saturated rings. The van der Waals surface area contributed by atoms with Crippen molar-refractivity contribution >= 4 is 0 Å². The van der Waals surface area contributed by atoms with Gasteiger partial charge in [0.15, 0.2) is 0 Å². The predicted octanol–water partition coefficient (Wildman–Crippen LogP) is 1.58. The summed E-state index contributed by atoms with van der Waals surface area (Å²) in [6, 6.07) is 8.41. The third-order valence-corrected chi connectivity index (χ3v) is 3.35.